The Kier molecular flexibility index (Phi) is 9.50. The van der Waals surface area contributed by atoms with Crippen LogP contribution in [0.15, 0.2) is 71.6 Å². The Morgan fingerprint density at radius 2 is 1.68 bits per heavy atom. The van der Waals surface area contributed by atoms with Crippen LogP contribution >= 0.6 is 11.3 Å². The summed E-state index contributed by atoms with van der Waals surface area (Å²) in [7, 11) is -5.43. The van der Waals surface area contributed by atoms with Crippen LogP contribution < -0.4 is 34.3 Å². The average Bonchev–Trinajstić information content (AvgIpc) is 3.24. The molecule has 202 valence electrons. The van der Waals surface area contributed by atoms with E-state index in [1.54, 1.807) is 29.5 Å². The molecule has 0 saturated heterocycles. The van der Waals surface area contributed by atoms with Crippen LogP contribution in [-0.4, -0.2) is 30.7 Å². The number of sulfone groups is 1. The Morgan fingerprint density at radius 3 is 2.30 bits per heavy atom. The second-order valence-electron chi connectivity index (χ2n) is 8.70. The summed E-state index contributed by atoms with van der Waals surface area (Å²) in [5, 5.41) is 1.59. The van der Waals surface area contributed by atoms with E-state index in [2.05, 4.69) is 0 Å². The maximum atomic E-state index is 12.8. The number of aromatic nitrogens is 1. The maximum absolute atomic E-state index is 12.8. The fourth-order valence-corrected chi connectivity index (χ4v) is 6.17. The number of rotatable bonds is 6. The van der Waals surface area contributed by atoms with Crippen LogP contribution in [0.1, 0.15) is 22.3 Å². The van der Waals surface area contributed by atoms with Crippen molar-refractivity contribution < 1.29 is 66.2 Å². The summed E-state index contributed by atoms with van der Waals surface area (Å²) in [4.78, 5) is 17.0. The Hall–Kier alpha value is -2.80. The van der Waals surface area contributed by atoms with Crippen molar-refractivity contribution in [2.45, 2.75) is 30.9 Å². The second-order valence-corrected chi connectivity index (χ2v) is 11.7. The number of pyridine rings is 1. The molecule has 2 aromatic heterocycles. The molecule has 0 aliphatic rings. The van der Waals surface area contributed by atoms with Crippen LogP contribution in [0.3, 0.4) is 0 Å². The first-order valence-electron chi connectivity index (χ1n) is 11.4. The number of hydrogen-bond donors (Lipinski definition) is 0. The Morgan fingerprint density at radius 1 is 1.00 bits per heavy atom. The van der Waals surface area contributed by atoms with Gasteiger partial charge in [-0.2, -0.15) is 13.2 Å². The van der Waals surface area contributed by atoms with E-state index in [9.17, 15) is 26.4 Å². The van der Waals surface area contributed by atoms with Crippen molar-refractivity contribution in [3.8, 4) is 16.3 Å². The predicted molar refractivity (Wildman–Crippen MR) is 143 cm³/mol. The fraction of sp³-hybridized carbons (Fsp3) is 0.143. The molecule has 5 aromatic rings. The molecule has 0 unspecified atom stereocenters. The van der Waals surface area contributed by atoms with Gasteiger partial charge in [0.2, 0.25) is 0 Å². The molecule has 40 heavy (non-hydrogen) atoms. The largest absolute Gasteiger partial charge is 1.00 e. The van der Waals surface area contributed by atoms with E-state index < -0.39 is 20.2 Å². The molecule has 0 bridgehead atoms. The monoisotopic (exact) mass is 594 g/mol. The van der Waals surface area contributed by atoms with Crippen molar-refractivity contribution in [1.29, 1.82) is 0 Å². The molecule has 0 spiro atoms. The molecule has 1 N–H and O–H groups in total. The molecule has 0 amide bonds. The Balaban J connectivity index is 0.00000220. The van der Waals surface area contributed by atoms with E-state index in [1.807, 2.05) is 44.4 Å². The molecule has 6 nitrogen and oxygen atoms in total. The zero-order valence-corrected chi connectivity index (χ0v) is 25.2. The van der Waals surface area contributed by atoms with Crippen molar-refractivity contribution in [2.75, 3.05) is 0 Å². The fourth-order valence-electron chi connectivity index (χ4n) is 4.24. The molecule has 0 aliphatic heterocycles. The van der Waals surface area contributed by atoms with Gasteiger partial charge in [-0.15, -0.1) is 23.0 Å². The molecule has 3 aromatic carbocycles. The number of halogens is 3. The van der Waals surface area contributed by atoms with Crippen LogP contribution in [-0.2, 0) is 21.2 Å². The normalized spacial score (nSPS) is 11.6. The van der Waals surface area contributed by atoms with E-state index in [1.165, 1.54) is 12.1 Å². The number of hydrogen-bond acceptors (Lipinski definition) is 7. The first kappa shape index (κ1) is 31.7. The van der Waals surface area contributed by atoms with E-state index in [0.29, 0.717) is 27.9 Å². The van der Waals surface area contributed by atoms with Gasteiger partial charge >= 0.3 is 35.1 Å². The van der Waals surface area contributed by atoms with Gasteiger partial charge in [-0.25, -0.2) is 8.42 Å². The van der Waals surface area contributed by atoms with Crippen LogP contribution in [0, 0.1) is 13.8 Å². The van der Waals surface area contributed by atoms with E-state index in [0.717, 1.165) is 38.2 Å². The van der Waals surface area contributed by atoms with Crippen molar-refractivity contribution in [2.24, 2.45) is 0 Å². The summed E-state index contributed by atoms with van der Waals surface area (Å²) in [6, 6.07) is 17.5. The summed E-state index contributed by atoms with van der Waals surface area (Å²) < 4.78 is 68.6. The van der Waals surface area contributed by atoms with Gasteiger partial charge in [0.05, 0.1) is 16.9 Å². The SMILES string of the molecule is Cc1c(-c2cc([C-]=O)c3c(OCc4ccc(S(=O)(=O)C(F)(F)F)cc4)ccc(C)c3n2)sc2ccccc12.[Na+].[OH-]. The van der Waals surface area contributed by atoms with Crippen LogP contribution in [0.25, 0.3) is 31.6 Å². The third-order valence-electron chi connectivity index (χ3n) is 6.24. The predicted octanol–water partition coefficient (Wildman–Crippen LogP) is 3.89. The molecular weight excluding hydrogens is 574 g/mol. The summed E-state index contributed by atoms with van der Waals surface area (Å²) in [6.45, 7) is 3.82. The Labute approximate surface area is 254 Å². The molecule has 0 aliphatic carbocycles. The zero-order valence-electron chi connectivity index (χ0n) is 21.5. The molecule has 12 heteroatoms. The number of thiophene rings is 1. The van der Waals surface area contributed by atoms with Gasteiger partial charge in [0, 0.05) is 20.8 Å². The van der Waals surface area contributed by atoms with E-state index in [-0.39, 0.29) is 47.2 Å². The summed E-state index contributed by atoms with van der Waals surface area (Å²) in [5.74, 6) is 0.350. The number of nitrogens with zero attached hydrogens (tertiary/aromatic N) is 1. The van der Waals surface area contributed by atoms with Gasteiger partial charge in [0.25, 0.3) is 9.84 Å². The molecule has 0 atom stereocenters. The number of ether oxygens (including phenoxy) is 1. The minimum Gasteiger partial charge on any atom is -0.870 e. The zero-order chi connectivity index (χ0) is 27.2. The number of carbonyl (C=O) groups excluding carboxylic acids is 1. The summed E-state index contributed by atoms with van der Waals surface area (Å²) in [5.41, 5.74) is -1.55. The maximum Gasteiger partial charge on any atom is 1.00 e. The van der Waals surface area contributed by atoms with Crippen LogP contribution in [0.2, 0.25) is 0 Å². The number of alkyl halides is 3. The van der Waals surface area contributed by atoms with Gasteiger partial charge in [-0.05, 0) is 60.2 Å². The average molecular weight is 595 g/mol. The molecule has 5 rings (SSSR count). The van der Waals surface area contributed by atoms with Crippen LogP contribution in [0.5, 0.6) is 5.75 Å². The molecule has 0 fully saturated rings. The summed E-state index contributed by atoms with van der Waals surface area (Å²) in [6.07, 6.45) is 2.00. The first-order chi connectivity index (χ1) is 18.0. The number of benzene rings is 3. The molecule has 0 saturated carbocycles. The minimum absolute atomic E-state index is 0. The second kappa shape index (κ2) is 12.0. The quantitative estimate of drug-likeness (QED) is 0.218. The van der Waals surface area contributed by atoms with Gasteiger partial charge < -0.3 is 15.0 Å². The van der Waals surface area contributed by atoms with E-state index >= 15 is 0 Å². The third kappa shape index (κ3) is 5.67. The number of aryl methyl sites for hydroxylation is 2. The van der Waals surface area contributed by atoms with Crippen molar-refractivity contribution in [3.05, 3.63) is 89.0 Å². The van der Waals surface area contributed by atoms with Crippen molar-refractivity contribution >= 4 is 48.4 Å². The van der Waals surface area contributed by atoms with Gasteiger partial charge in [-0.1, -0.05) is 41.8 Å². The van der Waals surface area contributed by atoms with Crippen molar-refractivity contribution in [1.82, 2.24) is 4.98 Å². The first-order valence-corrected chi connectivity index (χ1v) is 13.7. The Bertz CT molecular complexity index is 1820. The van der Waals surface area contributed by atoms with E-state index in [4.69, 9.17) is 9.72 Å². The van der Waals surface area contributed by atoms with Crippen LogP contribution in [0.4, 0.5) is 13.2 Å². The summed E-state index contributed by atoms with van der Waals surface area (Å²) >= 11 is 1.59. The van der Waals surface area contributed by atoms with Gasteiger partial charge in [0.15, 0.2) is 0 Å². The molecule has 2 heterocycles. The molecule has 0 radical (unpaired) electrons. The smallest absolute Gasteiger partial charge is 0.870 e. The molecular formula is C28H20F3NNaO5S2-. The topological polar surface area (TPSA) is 103 Å². The van der Waals surface area contributed by atoms with Gasteiger partial charge in [-0.3, -0.25) is 4.98 Å². The number of fused-ring (bicyclic) bond motifs is 2. The minimum atomic E-state index is -5.43. The third-order valence-corrected chi connectivity index (χ3v) is 9.04. The van der Waals surface area contributed by atoms with Crippen molar-refractivity contribution in [3.63, 3.8) is 0 Å². The van der Waals surface area contributed by atoms with Gasteiger partial charge in [0.1, 0.15) is 6.61 Å². The standard InChI is InChI=1S/C28H19F3NO4S2.Na.H2O/c1-16-7-12-23(36-15-18-8-10-20(11-9-18)38(34,35)28(29,30)31)25-19(14-33)13-22(32-26(16)25)27-17(2)21-5-3-4-6-24(21)37-27;;/h3-13H,15H2,1-2H3;;1H2/q-1;+1;/p-1.